The van der Waals surface area contributed by atoms with E-state index < -0.39 is 0 Å². The van der Waals surface area contributed by atoms with Crippen molar-refractivity contribution in [2.24, 2.45) is 5.92 Å². The van der Waals surface area contributed by atoms with Crippen LogP contribution in [-0.2, 0) is 17.9 Å². The van der Waals surface area contributed by atoms with Crippen molar-refractivity contribution in [3.63, 3.8) is 0 Å². The fraction of sp³-hybridized carbons (Fsp3) is 0.235. The molecule has 6 nitrogen and oxygen atoms in total. The van der Waals surface area contributed by atoms with E-state index in [-0.39, 0.29) is 11.8 Å². The standard InChI is InChI=1S/C17H17Cl2N5O/c1-12(9-24-11-15(19)8-20-24)17(25)21-16-6-7-23(22-16)10-13-2-4-14(18)5-3-13/h2-8,11-12H,9-10H2,1H3,(H,21,22,25)/t12-/m1/s1. The summed E-state index contributed by atoms with van der Waals surface area (Å²) in [6, 6.07) is 9.34. The topological polar surface area (TPSA) is 64.7 Å². The van der Waals surface area contributed by atoms with Crippen molar-refractivity contribution in [1.82, 2.24) is 19.6 Å². The molecule has 0 fully saturated rings. The summed E-state index contributed by atoms with van der Waals surface area (Å²) >= 11 is 11.7. The minimum atomic E-state index is -0.266. The van der Waals surface area contributed by atoms with Crippen molar-refractivity contribution in [2.75, 3.05) is 5.32 Å². The maximum absolute atomic E-state index is 12.3. The third-order valence-electron chi connectivity index (χ3n) is 3.66. The lowest BCUT2D eigenvalue weighted by molar-refractivity contribution is -0.119. The van der Waals surface area contributed by atoms with Crippen molar-refractivity contribution in [3.05, 3.63) is 64.5 Å². The highest BCUT2D eigenvalue weighted by atomic mass is 35.5. The molecule has 3 rings (SSSR count). The average Bonchev–Trinajstić information content (AvgIpc) is 3.18. The second-order valence-electron chi connectivity index (χ2n) is 5.80. The maximum atomic E-state index is 12.3. The Balaban J connectivity index is 1.56. The van der Waals surface area contributed by atoms with Crippen LogP contribution in [0.3, 0.4) is 0 Å². The maximum Gasteiger partial charge on any atom is 0.230 e. The Morgan fingerprint density at radius 2 is 1.92 bits per heavy atom. The van der Waals surface area contributed by atoms with Crippen LogP contribution in [0.1, 0.15) is 12.5 Å². The number of amides is 1. The Morgan fingerprint density at radius 1 is 1.16 bits per heavy atom. The van der Waals surface area contributed by atoms with Gasteiger partial charge in [-0.2, -0.15) is 10.2 Å². The number of nitrogens with zero attached hydrogens (tertiary/aromatic N) is 4. The number of carbonyl (C=O) groups is 1. The summed E-state index contributed by atoms with van der Waals surface area (Å²) in [5.41, 5.74) is 1.08. The fourth-order valence-electron chi connectivity index (χ4n) is 2.34. The molecule has 0 radical (unpaired) electrons. The fourth-order valence-corrected chi connectivity index (χ4v) is 2.63. The Morgan fingerprint density at radius 3 is 2.60 bits per heavy atom. The lowest BCUT2D eigenvalue weighted by Crippen LogP contribution is -2.24. The molecule has 0 aliphatic carbocycles. The van der Waals surface area contributed by atoms with Gasteiger partial charge in [-0.3, -0.25) is 14.2 Å². The van der Waals surface area contributed by atoms with Gasteiger partial charge in [-0.15, -0.1) is 0 Å². The second-order valence-corrected chi connectivity index (χ2v) is 6.67. The van der Waals surface area contributed by atoms with Crippen molar-refractivity contribution in [1.29, 1.82) is 0 Å². The van der Waals surface area contributed by atoms with Crippen LogP contribution in [0.5, 0.6) is 0 Å². The molecule has 0 saturated carbocycles. The summed E-state index contributed by atoms with van der Waals surface area (Å²) in [4.78, 5) is 12.3. The number of nitrogens with one attached hydrogen (secondary N) is 1. The van der Waals surface area contributed by atoms with Gasteiger partial charge in [-0.25, -0.2) is 0 Å². The minimum Gasteiger partial charge on any atom is -0.309 e. The van der Waals surface area contributed by atoms with Crippen molar-refractivity contribution in [2.45, 2.75) is 20.0 Å². The quantitative estimate of drug-likeness (QED) is 0.711. The van der Waals surface area contributed by atoms with Crippen molar-refractivity contribution in [3.8, 4) is 0 Å². The van der Waals surface area contributed by atoms with E-state index in [0.29, 0.717) is 29.0 Å². The molecule has 1 amide bonds. The van der Waals surface area contributed by atoms with Crippen LogP contribution in [0.25, 0.3) is 0 Å². The van der Waals surface area contributed by atoms with E-state index in [9.17, 15) is 4.79 Å². The lowest BCUT2D eigenvalue weighted by atomic mass is 10.1. The van der Waals surface area contributed by atoms with E-state index >= 15 is 0 Å². The van der Waals surface area contributed by atoms with E-state index in [2.05, 4.69) is 15.5 Å². The Hall–Kier alpha value is -2.31. The van der Waals surface area contributed by atoms with Crippen molar-refractivity contribution < 1.29 is 4.79 Å². The van der Waals surface area contributed by atoms with Crippen LogP contribution in [0.4, 0.5) is 5.82 Å². The number of hydrogen-bond donors (Lipinski definition) is 1. The molecule has 0 aliphatic heterocycles. The summed E-state index contributed by atoms with van der Waals surface area (Å²) in [5.74, 6) is 0.130. The van der Waals surface area contributed by atoms with Gasteiger partial charge in [-0.05, 0) is 17.7 Å². The predicted molar refractivity (Wildman–Crippen MR) is 97.8 cm³/mol. The van der Waals surface area contributed by atoms with Crippen LogP contribution in [-0.4, -0.2) is 25.5 Å². The highest BCUT2D eigenvalue weighted by Gasteiger charge is 2.15. The molecule has 0 saturated heterocycles. The number of carbonyl (C=O) groups excluding carboxylic acids is 1. The molecule has 1 atom stereocenters. The van der Waals surface area contributed by atoms with E-state index in [1.54, 1.807) is 27.8 Å². The Kier molecular flexibility index (Phi) is 5.40. The van der Waals surface area contributed by atoms with Gasteiger partial charge in [0, 0.05) is 23.5 Å². The number of hydrogen-bond acceptors (Lipinski definition) is 3. The summed E-state index contributed by atoms with van der Waals surface area (Å²) in [5, 5.41) is 12.5. The molecule has 0 unspecified atom stereocenters. The number of halogens is 2. The zero-order valence-corrected chi connectivity index (χ0v) is 15.1. The first-order valence-corrected chi connectivity index (χ1v) is 8.52. The Bertz CT molecular complexity index is 856. The van der Waals surface area contributed by atoms with E-state index in [4.69, 9.17) is 23.2 Å². The third-order valence-corrected chi connectivity index (χ3v) is 4.11. The van der Waals surface area contributed by atoms with Gasteiger partial charge in [0.15, 0.2) is 5.82 Å². The molecule has 1 aromatic carbocycles. The van der Waals surface area contributed by atoms with E-state index in [1.165, 1.54) is 0 Å². The molecule has 2 heterocycles. The zero-order chi connectivity index (χ0) is 17.8. The molecule has 130 valence electrons. The third kappa shape index (κ3) is 4.84. The molecule has 3 aromatic rings. The van der Waals surface area contributed by atoms with Gasteiger partial charge >= 0.3 is 0 Å². The smallest absolute Gasteiger partial charge is 0.230 e. The minimum absolute atomic E-state index is 0.122. The first-order chi connectivity index (χ1) is 12.0. The summed E-state index contributed by atoms with van der Waals surface area (Å²) < 4.78 is 3.41. The average molecular weight is 378 g/mol. The first-order valence-electron chi connectivity index (χ1n) is 7.76. The number of aromatic nitrogens is 4. The van der Waals surface area contributed by atoms with Crippen LogP contribution in [0.2, 0.25) is 10.0 Å². The monoisotopic (exact) mass is 377 g/mol. The predicted octanol–water partition coefficient (Wildman–Crippen LogP) is 3.71. The molecule has 1 N–H and O–H groups in total. The van der Waals surface area contributed by atoms with E-state index in [1.807, 2.05) is 37.4 Å². The van der Waals surface area contributed by atoms with Crippen LogP contribution >= 0.6 is 23.2 Å². The summed E-state index contributed by atoms with van der Waals surface area (Å²) in [6.07, 6.45) is 5.05. The normalized spacial score (nSPS) is 12.1. The summed E-state index contributed by atoms with van der Waals surface area (Å²) in [6.45, 7) is 2.88. The molecular formula is C17H17Cl2N5O. The van der Waals surface area contributed by atoms with Crippen LogP contribution in [0, 0.1) is 5.92 Å². The lowest BCUT2D eigenvalue weighted by Gasteiger charge is -2.10. The SMILES string of the molecule is C[C@H](Cn1cc(Cl)cn1)C(=O)Nc1ccn(Cc2ccc(Cl)cc2)n1. The largest absolute Gasteiger partial charge is 0.309 e. The van der Waals surface area contributed by atoms with Crippen LogP contribution in [0.15, 0.2) is 48.9 Å². The van der Waals surface area contributed by atoms with E-state index in [0.717, 1.165) is 5.56 Å². The molecule has 2 aromatic heterocycles. The number of rotatable bonds is 6. The van der Waals surface area contributed by atoms with Gasteiger partial charge in [0.1, 0.15) is 0 Å². The van der Waals surface area contributed by atoms with Crippen LogP contribution < -0.4 is 5.32 Å². The molecule has 0 aliphatic rings. The van der Waals surface area contributed by atoms with Crippen molar-refractivity contribution >= 4 is 34.9 Å². The van der Waals surface area contributed by atoms with Gasteiger partial charge in [0.25, 0.3) is 0 Å². The zero-order valence-electron chi connectivity index (χ0n) is 13.6. The molecule has 0 spiro atoms. The number of anilines is 1. The van der Waals surface area contributed by atoms with Gasteiger partial charge in [-0.1, -0.05) is 42.3 Å². The first kappa shape index (κ1) is 17.5. The molecule has 8 heteroatoms. The van der Waals surface area contributed by atoms with Gasteiger partial charge in [0.2, 0.25) is 5.91 Å². The highest BCUT2D eigenvalue weighted by Crippen LogP contribution is 2.13. The Labute approximate surface area is 155 Å². The number of benzene rings is 1. The van der Waals surface area contributed by atoms with Gasteiger partial charge < -0.3 is 5.32 Å². The molecule has 0 bridgehead atoms. The highest BCUT2D eigenvalue weighted by molar-refractivity contribution is 6.30. The summed E-state index contributed by atoms with van der Waals surface area (Å²) in [7, 11) is 0. The van der Waals surface area contributed by atoms with Gasteiger partial charge in [0.05, 0.1) is 30.2 Å². The molecule has 25 heavy (non-hydrogen) atoms. The molecular weight excluding hydrogens is 361 g/mol. The second kappa shape index (κ2) is 7.72.